The van der Waals surface area contributed by atoms with Gasteiger partial charge in [0, 0.05) is 12.8 Å². The number of ether oxygens (including phenoxy) is 1. The molecular weight excluding hydrogens is 899 g/mol. The van der Waals surface area contributed by atoms with Gasteiger partial charge in [0.25, 0.3) is 0 Å². The van der Waals surface area contributed by atoms with Crippen molar-refractivity contribution in [2.45, 2.75) is 392 Å². The number of carbonyl (C=O) groups is 2. The topological polar surface area (TPSA) is 95.9 Å². The number of unbranched alkanes of at least 4 members (excludes halogenated alkanes) is 50. The molecule has 6 nitrogen and oxygen atoms in total. The quantitative estimate of drug-likeness (QED) is 0.0320. The molecule has 2 unspecified atom stereocenters. The van der Waals surface area contributed by atoms with Gasteiger partial charge in [-0.05, 0) is 51.4 Å². The molecule has 0 radical (unpaired) electrons. The number of hydrogen-bond acceptors (Lipinski definition) is 5. The zero-order chi connectivity index (χ0) is 52.9. The van der Waals surface area contributed by atoms with Gasteiger partial charge in [0.1, 0.15) is 0 Å². The summed E-state index contributed by atoms with van der Waals surface area (Å²) in [6.45, 7) is 4.97. The lowest BCUT2D eigenvalue weighted by Gasteiger charge is -2.22. The van der Waals surface area contributed by atoms with E-state index in [9.17, 15) is 19.8 Å². The van der Waals surface area contributed by atoms with Crippen LogP contribution in [0.15, 0.2) is 12.2 Å². The minimum absolute atomic E-state index is 0.0212. The Bertz CT molecular complexity index is 1100. The van der Waals surface area contributed by atoms with Crippen molar-refractivity contribution in [3.05, 3.63) is 12.2 Å². The summed E-state index contributed by atoms with van der Waals surface area (Å²) in [6.07, 6.45) is 76.9. The molecule has 0 rings (SSSR count). The molecule has 0 aromatic rings. The highest BCUT2D eigenvalue weighted by Crippen LogP contribution is 2.18. The number of allylic oxidation sites excluding steroid dienone is 2. The van der Waals surface area contributed by atoms with Gasteiger partial charge < -0.3 is 20.3 Å². The molecule has 0 aliphatic carbocycles. The SMILES string of the molecule is CCCCCCCCCCCCCCCCCC(=O)OCCCCCCCCCCCCCC/C=C\CCCCCCCCCCCCCCCCCC(=O)NC(CO)C(O)CCCCCCCCCCCC. The van der Waals surface area contributed by atoms with E-state index in [-0.39, 0.29) is 18.5 Å². The molecule has 0 heterocycles. The van der Waals surface area contributed by atoms with Crippen LogP contribution in [0.1, 0.15) is 380 Å². The summed E-state index contributed by atoms with van der Waals surface area (Å²) < 4.78 is 5.50. The first kappa shape index (κ1) is 71.6. The van der Waals surface area contributed by atoms with Crippen molar-refractivity contribution < 1.29 is 24.5 Å². The fourth-order valence-electron chi connectivity index (χ4n) is 10.7. The second kappa shape index (κ2) is 63.1. The molecule has 6 heteroatoms. The number of amides is 1. The highest BCUT2D eigenvalue weighted by molar-refractivity contribution is 5.76. The van der Waals surface area contributed by atoms with Gasteiger partial charge in [-0.1, -0.05) is 328 Å². The van der Waals surface area contributed by atoms with Crippen molar-refractivity contribution in [3.63, 3.8) is 0 Å². The smallest absolute Gasteiger partial charge is 0.305 e. The molecule has 0 saturated heterocycles. The predicted molar refractivity (Wildman–Crippen MR) is 320 cm³/mol. The molecule has 0 aliphatic rings. The molecular formula is C67H131NO5. The van der Waals surface area contributed by atoms with E-state index in [1.165, 1.54) is 308 Å². The first-order valence-corrected chi connectivity index (χ1v) is 33.4. The lowest BCUT2D eigenvalue weighted by atomic mass is 10.0. The zero-order valence-corrected chi connectivity index (χ0v) is 49.6. The van der Waals surface area contributed by atoms with Gasteiger partial charge in [-0.15, -0.1) is 0 Å². The Kier molecular flexibility index (Phi) is 61.9. The van der Waals surface area contributed by atoms with Crippen LogP contribution in [0.25, 0.3) is 0 Å². The van der Waals surface area contributed by atoms with Crippen LogP contribution in [0.2, 0.25) is 0 Å². The fourth-order valence-corrected chi connectivity index (χ4v) is 10.7. The third-order valence-corrected chi connectivity index (χ3v) is 15.8. The van der Waals surface area contributed by atoms with E-state index >= 15 is 0 Å². The van der Waals surface area contributed by atoms with Gasteiger partial charge >= 0.3 is 5.97 Å². The lowest BCUT2D eigenvalue weighted by Crippen LogP contribution is -2.45. The second-order valence-electron chi connectivity index (χ2n) is 23.2. The van der Waals surface area contributed by atoms with Crippen LogP contribution < -0.4 is 5.32 Å². The molecule has 0 saturated carbocycles. The summed E-state index contributed by atoms with van der Waals surface area (Å²) in [7, 11) is 0. The van der Waals surface area contributed by atoms with Crippen molar-refractivity contribution in [2.24, 2.45) is 0 Å². The number of hydrogen-bond donors (Lipinski definition) is 3. The average Bonchev–Trinajstić information content (AvgIpc) is 3.39. The molecule has 434 valence electrons. The molecule has 0 aromatic heterocycles. The van der Waals surface area contributed by atoms with Gasteiger partial charge in [0.15, 0.2) is 0 Å². The number of aliphatic hydroxyl groups is 2. The minimum atomic E-state index is -0.660. The minimum Gasteiger partial charge on any atom is -0.466 e. The fraction of sp³-hybridized carbons (Fsp3) is 0.940. The summed E-state index contributed by atoms with van der Waals surface area (Å²) in [6, 6.07) is -0.537. The van der Waals surface area contributed by atoms with Crippen molar-refractivity contribution in [2.75, 3.05) is 13.2 Å². The van der Waals surface area contributed by atoms with E-state index in [4.69, 9.17) is 4.74 Å². The highest BCUT2D eigenvalue weighted by Gasteiger charge is 2.20. The molecule has 1 amide bonds. The summed E-state index contributed by atoms with van der Waals surface area (Å²) >= 11 is 0. The van der Waals surface area contributed by atoms with E-state index in [2.05, 4.69) is 31.3 Å². The van der Waals surface area contributed by atoms with Gasteiger partial charge in [-0.25, -0.2) is 0 Å². The van der Waals surface area contributed by atoms with Gasteiger partial charge in [0.05, 0.1) is 25.4 Å². The van der Waals surface area contributed by atoms with Crippen molar-refractivity contribution in [1.29, 1.82) is 0 Å². The van der Waals surface area contributed by atoms with Gasteiger partial charge in [-0.3, -0.25) is 9.59 Å². The summed E-state index contributed by atoms with van der Waals surface area (Å²) in [5.41, 5.74) is 0. The van der Waals surface area contributed by atoms with Crippen molar-refractivity contribution >= 4 is 11.9 Å². The molecule has 0 fully saturated rings. The molecule has 0 bridgehead atoms. The summed E-state index contributed by atoms with van der Waals surface area (Å²) in [4.78, 5) is 24.5. The number of carbonyl (C=O) groups excluding carboxylic acids is 2. The molecule has 2 atom stereocenters. The standard InChI is InChI=1S/C67H131NO5/c1-3-5-7-9-11-13-15-16-34-38-41-45-49-53-57-61-67(72)73-62-58-54-50-46-42-39-36-33-31-29-27-25-23-21-19-17-18-20-22-24-26-28-30-32-35-37-40-44-48-52-56-60-66(71)68-64(63-69)65(70)59-55-51-47-43-14-12-10-8-6-4-2/h19,21,64-65,69-70H,3-18,20,22-63H2,1-2H3,(H,68,71)/b21-19-. The maximum absolute atomic E-state index is 12.4. The Morgan fingerprint density at radius 3 is 0.973 bits per heavy atom. The number of aliphatic hydroxyl groups excluding tert-OH is 2. The third-order valence-electron chi connectivity index (χ3n) is 15.8. The van der Waals surface area contributed by atoms with Crippen LogP contribution in [0.4, 0.5) is 0 Å². The normalized spacial score (nSPS) is 12.5. The molecule has 0 aromatic carbocycles. The van der Waals surface area contributed by atoms with Crippen LogP contribution in [-0.4, -0.2) is 47.4 Å². The van der Waals surface area contributed by atoms with E-state index in [0.717, 1.165) is 38.5 Å². The molecule has 0 aliphatic heterocycles. The zero-order valence-electron chi connectivity index (χ0n) is 49.6. The highest BCUT2D eigenvalue weighted by atomic mass is 16.5. The Morgan fingerprint density at radius 2 is 0.644 bits per heavy atom. The van der Waals surface area contributed by atoms with Crippen LogP contribution in [-0.2, 0) is 14.3 Å². The van der Waals surface area contributed by atoms with Crippen LogP contribution in [0, 0.1) is 0 Å². The van der Waals surface area contributed by atoms with Crippen molar-refractivity contribution in [3.8, 4) is 0 Å². The number of esters is 1. The Labute approximate surface area is 457 Å². The second-order valence-corrected chi connectivity index (χ2v) is 23.2. The lowest BCUT2D eigenvalue weighted by molar-refractivity contribution is -0.143. The summed E-state index contributed by atoms with van der Waals surface area (Å²) in [5, 5.41) is 23.2. The van der Waals surface area contributed by atoms with Gasteiger partial charge in [-0.2, -0.15) is 0 Å². The predicted octanol–water partition coefficient (Wildman–Crippen LogP) is 21.2. The Morgan fingerprint density at radius 1 is 0.370 bits per heavy atom. The van der Waals surface area contributed by atoms with Crippen LogP contribution >= 0.6 is 0 Å². The van der Waals surface area contributed by atoms with Gasteiger partial charge in [0.2, 0.25) is 5.91 Å². The average molecular weight is 1030 g/mol. The maximum Gasteiger partial charge on any atom is 0.305 e. The Balaban J connectivity index is 3.32. The number of rotatable bonds is 63. The van der Waals surface area contributed by atoms with E-state index < -0.39 is 12.1 Å². The maximum atomic E-state index is 12.4. The third kappa shape index (κ3) is 59.7. The molecule has 0 spiro atoms. The van der Waals surface area contributed by atoms with Crippen LogP contribution in [0.5, 0.6) is 0 Å². The van der Waals surface area contributed by atoms with E-state index in [1.807, 2.05) is 0 Å². The summed E-state index contributed by atoms with van der Waals surface area (Å²) in [5.74, 6) is -0.0114. The largest absolute Gasteiger partial charge is 0.466 e. The van der Waals surface area contributed by atoms with Crippen LogP contribution in [0.3, 0.4) is 0 Å². The first-order valence-electron chi connectivity index (χ1n) is 33.4. The van der Waals surface area contributed by atoms with E-state index in [0.29, 0.717) is 25.9 Å². The van der Waals surface area contributed by atoms with E-state index in [1.54, 1.807) is 0 Å². The molecule has 3 N–H and O–H groups in total. The Hall–Kier alpha value is -1.40. The monoisotopic (exact) mass is 1030 g/mol. The first-order chi connectivity index (χ1) is 36.0. The molecule has 73 heavy (non-hydrogen) atoms. The number of nitrogens with one attached hydrogen (secondary N) is 1. The van der Waals surface area contributed by atoms with Crippen molar-refractivity contribution in [1.82, 2.24) is 5.32 Å².